The van der Waals surface area contributed by atoms with E-state index < -0.39 is 5.41 Å². The Hall–Kier alpha value is -0.640. The molecule has 2 N–H and O–H groups in total. The normalized spacial score (nSPS) is 29.6. The molecule has 1 amide bonds. The second-order valence-electron chi connectivity index (χ2n) is 5.86. The molecule has 3 nitrogen and oxygen atoms in total. The molecular weight excluding hydrogens is 232 g/mol. The van der Waals surface area contributed by atoms with Crippen LogP contribution < -0.4 is 5.73 Å². The van der Waals surface area contributed by atoms with E-state index in [-0.39, 0.29) is 11.9 Å². The first-order valence-electron chi connectivity index (χ1n) is 6.29. The summed E-state index contributed by atoms with van der Waals surface area (Å²) in [6.07, 6.45) is 1.60. The molecule has 0 spiro atoms. The van der Waals surface area contributed by atoms with Crippen molar-refractivity contribution in [2.24, 2.45) is 23.0 Å². The fourth-order valence-electron chi connectivity index (χ4n) is 2.58. The first kappa shape index (κ1) is 14.4. The standard InChI is InChI=1S/C13H24N2OS/c1-8(2)10(4)15(5)12(16)13(11(14)17)6-9(3)7-13/h8-10H,6-7H2,1-5H3,(H2,14,17). The lowest BCUT2D eigenvalue weighted by molar-refractivity contribution is -0.145. The second-order valence-corrected chi connectivity index (χ2v) is 6.30. The molecule has 1 unspecified atom stereocenters. The highest BCUT2D eigenvalue weighted by Crippen LogP contribution is 2.47. The summed E-state index contributed by atoms with van der Waals surface area (Å²) in [7, 11) is 1.86. The van der Waals surface area contributed by atoms with Gasteiger partial charge in [-0.1, -0.05) is 33.0 Å². The molecule has 0 bridgehead atoms. The molecule has 1 atom stereocenters. The average molecular weight is 256 g/mol. The van der Waals surface area contributed by atoms with Crippen LogP contribution in [0.3, 0.4) is 0 Å². The highest BCUT2D eigenvalue weighted by Gasteiger charge is 2.52. The summed E-state index contributed by atoms with van der Waals surface area (Å²) < 4.78 is 0. The molecule has 0 aromatic rings. The number of amides is 1. The fourth-order valence-corrected chi connectivity index (χ4v) is 2.83. The first-order valence-corrected chi connectivity index (χ1v) is 6.70. The third kappa shape index (κ3) is 2.46. The Bertz CT molecular complexity index is 321. The van der Waals surface area contributed by atoms with E-state index in [4.69, 9.17) is 18.0 Å². The second kappa shape index (κ2) is 4.92. The molecule has 1 aliphatic rings. The Morgan fingerprint density at radius 3 is 2.18 bits per heavy atom. The van der Waals surface area contributed by atoms with Gasteiger partial charge in [-0.2, -0.15) is 0 Å². The van der Waals surface area contributed by atoms with Gasteiger partial charge in [0, 0.05) is 13.1 Å². The number of rotatable bonds is 4. The molecule has 0 saturated heterocycles. The number of carbonyl (C=O) groups is 1. The average Bonchev–Trinajstić information content (AvgIpc) is 2.20. The van der Waals surface area contributed by atoms with Crippen LogP contribution >= 0.6 is 12.2 Å². The van der Waals surface area contributed by atoms with Gasteiger partial charge in [0.1, 0.15) is 0 Å². The zero-order chi connectivity index (χ0) is 13.4. The fraction of sp³-hybridized carbons (Fsp3) is 0.846. The molecule has 0 aromatic carbocycles. The third-order valence-corrected chi connectivity index (χ3v) is 4.56. The van der Waals surface area contributed by atoms with Crippen LogP contribution in [0.25, 0.3) is 0 Å². The first-order chi connectivity index (χ1) is 7.72. The van der Waals surface area contributed by atoms with Crippen molar-refractivity contribution in [3.63, 3.8) is 0 Å². The van der Waals surface area contributed by atoms with Gasteiger partial charge >= 0.3 is 0 Å². The van der Waals surface area contributed by atoms with Crippen molar-refractivity contribution in [3.05, 3.63) is 0 Å². The van der Waals surface area contributed by atoms with E-state index in [0.29, 0.717) is 16.8 Å². The quantitative estimate of drug-likeness (QED) is 0.784. The smallest absolute Gasteiger partial charge is 0.235 e. The van der Waals surface area contributed by atoms with Crippen molar-refractivity contribution in [1.29, 1.82) is 0 Å². The van der Waals surface area contributed by atoms with Gasteiger partial charge in [0.15, 0.2) is 0 Å². The summed E-state index contributed by atoms with van der Waals surface area (Å²) >= 11 is 5.11. The minimum absolute atomic E-state index is 0.101. The maximum atomic E-state index is 12.5. The van der Waals surface area contributed by atoms with Crippen LogP contribution in [0.4, 0.5) is 0 Å². The van der Waals surface area contributed by atoms with Crippen LogP contribution in [-0.2, 0) is 4.79 Å². The molecule has 0 aromatic heterocycles. The number of hydrogen-bond acceptors (Lipinski definition) is 2. The van der Waals surface area contributed by atoms with Crippen LogP contribution in [0.5, 0.6) is 0 Å². The van der Waals surface area contributed by atoms with E-state index in [0.717, 1.165) is 12.8 Å². The molecular formula is C13H24N2OS. The number of thiocarbonyl (C=S) groups is 1. The van der Waals surface area contributed by atoms with Crippen molar-refractivity contribution in [2.45, 2.75) is 46.6 Å². The predicted octanol–water partition coefficient (Wildman–Crippen LogP) is 2.19. The Kier molecular flexibility index (Phi) is 4.18. The van der Waals surface area contributed by atoms with E-state index in [1.807, 2.05) is 11.9 Å². The Morgan fingerprint density at radius 1 is 1.41 bits per heavy atom. The van der Waals surface area contributed by atoms with Crippen LogP contribution in [0.2, 0.25) is 0 Å². The molecule has 98 valence electrons. The van der Waals surface area contributed by atoms with Gasteiger partial charge in [-0.3, -0.25) is 4.79 Å². The number of hydrogen-bond donors (Lipinski definition) is 1. The van der Waals surface area contributed by atoms with Gasteiger partial charge in [-0.25, -0.2) is 0 Å². The SMILES string of the molecule is CC1CC(C(=O)N(C)C(C)C(C)C)(C(N)=S)C1. The van der Waals surface area contributed by atoms with E-state index in [2.05, 4.69) is 27.7 Å². The minimum Gasteiger partial charge on any atom is -0.392 e. The summed E-state index contributed by atoms with van der Waals surface area (Å²) in [5, 5.41) is 0. The Balaban J connectivity index is 2.84. The third-order valence-electron chi connectivity index (χ3n) is 4.17. The molecule has 0 heterocycles. The van der Waals surface area contributed by atoms with E-state index in [9.17, 15) is 4.79 Å². The maximum Gasteiger partial charge on any atom is 0.235 e. The summed E-state index contributed by atoms with van der Waals surface area (Å²) in [4.78, 5) is 14.7. The monoisotopic (exact) mass is 256 g/mol. The maximum absolute atomic E-state index is 12.5. The van der Waals surface area contributed by atoms with Crippen molar-refractivity contribution < 1.29 is 4.79 Å². The van der Waals surface area contributed by atoms with Gasteiger partial charge in [-0.15, -0.1) is 0 Å². The van der Waals surface area contributed by atoms with Crippen LogP contribution in [0.15, 0.2) is 0 Å². The summed E-state index contributed by atoms with van der Waals surface area (Å²) in [6, 6.07) is 0.213. The number of nitrogens with zero attached hydrogens (tertiary/aromatic N) is 1. The zero-order valence-corrected chi connectivity index (χ0v) is 12.3. The topological polar surface area (TPSA) is 46.3 Å². The molecule has 0 aliphatic heterocycles. The molecule has 17 heavy (non-hydrogen) atoms. The van der Waals surface area contributed by atoms with Gasteiger partial charge in [0.05, 0.1) is 10.4 Å². The van der Waals surface area contributed by atoms with E-state index in [1.54, 1.807) is 0 Å². The van der Waals surface area contributed by atoms with E-state index in [1.165, 1.54) is 0 Å². The lowest BCUT2D eigenvalue weighted by atomic mass is 9.61. The lowest BCUT2D eigenvalue weighted by Gasteiger charge is -2.47. The highest BCUT2D eigenvalue weighted by atomic mass is 32.1. The van der Waals surface area contributed by atoms with Crippen molar-refractivity contribution >= 4 is 23.1 Å². The number of carbonyl (C=O) groups excluding carboxylic acids is 1. The van der Waals surface area contributed by atoms with Gasteiger partial charge in [0.25, 0.3) is 0 Å². The highest BCUT2D eigenvalue weighted by molar-refractivity contribution is 7.80. The summed E-state index contributed by atoms with van der Waals surface area (Å²) in [6.45, 7) is 8.43. The molecule has 4 heteroatoms. The van der Waals surface area contributed by atoms with Crippen LogP contribution in [0.1, 0.15) is 40.5 Å². The minimum atomic E-state index is -0.563. The lowest BCUT2D eigenvalue weighted by Crippen LogP contribution is -2.58. The molecule has 1 saturated carbocycles. The largest absolute Gasteiger partial charge is 0.392 e. The van der Waals surface area contributed by atoms with Crippen molar-refractivity contribution in [3.8, 4) is 0 Å². The number of nitrogens with two attached hydrogens (primary N) is 1. The van der Waals surface area contributed by atoms with Gasteiger partial charge in [0.2, 0.25) is 5.91 Å². The summed E-state index contributed by atoms with van der Waals surface area (Å²) in [5.41, 5.74) is 5.23. The van der Waals surface area contributed by atoms with Gasteiger partial charge in [-0.05, 0) is 31.6 Å². The van der Waals surface area contributed by atoms with E-state index >= 15 is 0 Å². The molecule has 1 rings (SSSR count). The van der Waals surface area contributed by atoms with Crippen molar-refractivity contribution in [2.75, 3.05) is 7.05 Å². The molecule has 1 aliphatic carbocycles. The summed E-state index contributed by atoms with van der Waals surface area (Å²) in [5.74, 6) is 1.08. The Morgan fingerprint density at radius 2 is 1.88 bits per heavy atom. The van der Waals surface area contributed by atoms with Crippen molar-refractivity contribution in [1.82, 2.24) is 4.90 Å². The van der Waals surface area contributed by atoms with Crippen LogP contribution in [0, 0.1) is 17.3 Å². The molecule has 1 fully saturated rings. The zero-order valence-electron chi connectivity index (χ0n) is 11.5. The predicted molar refractivity (Wildman–Crippen MR) is 74.7 cm³/mol. The van der Waals surface area contributed by atoms with Gasteiger partial charge < -0.3 is 10.6 Å². The Labute approximate surface area is 110 Å². The molecule has 0 radical (unpaired) electrons. The van der Waals surface area contributed by atoms with Crippen LogP contribution in [-0.4, -0.2) is 28.9 Å².